The Kier molecular flexibility index (Phi) is 0.835. The first-order valence-electron chi connectivity index (χ1n) is 4.47. The van der Waals surface area contributed by atoms with E-state index in [1.165, 1.54) is 6.20 Å². The topological polar surface area (TPSA) is 17.8 Å². The van der Waals surface area contributed by atoms with Gasteiger partial charge in [0, 0.05) is 17.3 Å². The van der Waals surface area contributed by atoms with E-state index >= 15 is 0 Å². The van der Waals surface area contributed by atoms with E-state index in [0.717, 1.165) is 10.4 Å². The van der Waals surface area contributed by atoms with Gasteiger partial charge in [-0.2, -0.15) is 5.10 Å². The van der Waals surface area contributed by atoms with E-state index in [-0.39, 0.29) is 5.92 Å². The minimum absolute atomic E-state index is 0.272. The van der Waals surface area contributed by atoms with Gasteiger partial charge in [-0.25, -0.2) is 0 Å². The van der Waals surface area contributed by atoms with Gasteiger partial charge in [-0.3, -0.25) is 4.68 Å². The third kappa shape index (κ3) is 1.31. The summed E-state index contributed by atoms with van der Waals surface area (Å²) in [5.41, 5.74) is 0.811. The van der Waals surface area contributed by atoms with E-state index < -0.39 is 6.98 Å². The fraction of sp³-hybridized carbons (Fsp3) is 0.571. The van der Waals surface area contributed by atoms with E-state index in [9.17, 15) is 0 Å². The second kappa shape index (κ2) is 2.21. The van der Waals surface area contributed by atoms with Crippen LogP contribution >= 0.6 is 0 Å². The minimum atomic E-state index is -2.15. The zero-order chi connectivity index (χ0) is 9.35. The molecular formula is C7H12N2. The van der Waals surface area contributed by atoms with Gasteiger partial charge in [-0.1, -0.05) is 13.8 Å². The number of aromatic nitrogens is 2. The maximum atomic E-state index is 7.06. The van der Waals surface area contributed by atoms with Crippen LogP contribution in [0, 0.1) is 0 Å². The Morgan fingerprint density at radius 1 is 1.78 bits per heavy atom. The smallest absolute Gasteiger partial charge is 0.0649 e. The first-order chi connectivity index (χ1) is 5.41. The van der Waals surface area contributed by atoms with Crippen molar-refractivity contribution in [1.82, 2.24) is 9.78 Å². The van der Waals surface area contributed by atoms with Crippen molar-refractivity contribution < 1.29 is 4.11 Å². The Morgan fingerprint density at radius 2 is 2.56 bits per heavy atom. The Hall–Kier alpha value is -0.790. The van der Waals surface area contributed by atoms with Crippen LogP contribution in [0.3, 0.4) is 0 Å². The largest absolute Gasteiger partial charge is 0.276 e. The molecule has 9 heavy (non-hydrogen) atoms. The molecule has 0 aliphatic rings. The summed E-state index contributed by atoms with van der Waals surface area (Å²) in [4.78, 5) is 0. The molecule has 1 aromatic rings. The average molecular weight is 127 g/mol. The Bertz CT molecular complexity index is 262. The molecule has 0 N–H and O–H groups in total. The van der Waals surface area contributed by atoms with Crippen LogP contribution < -0.4 is 0 Å². The van der Waals surface area contributed by atoms with Crippen molar-refractivity contribution in [3.8, 4) is 0 Å². The molecule has 0 fully saturated rings. The summed E-state index contributed by atoms with van der Waals surface area (Å²) in [6, 6.07) is 1.73. The van der Waals surface area contributed by atoms with Crippen molar-refractivity contribution in [3.05, 3.63) is 18.0 Å². The quantitative estimate of drug-likeness (QED) is 0.559. The summed E-state index contributed by atoms with van der Waals surface area (Å²) in [5, 5.41) is 3.94. The molecule has 0 amide bonds. The van der Waals surface area contributed by atoms with E-state index in [1.807, 2.05) is 13.8 Å². The fourth-order valence-electron chi connectivity index (χ4n) is 0.646. The lowest BCUT2D eigenvalue weighted by Crippen LogP contribution is -1.92. The van der Waals surface area contributed by atoms with Crippen LogP contribution in [0.15, 0.2) is 12.3 Å². The molecule has 50 valence electrons. The van der Waals surface area contributed by atoms with Crippen molar-refractivity contribution in [1.29, 1.82) is 0 Å². The van der Waals surface area contributed by atoms with Crippen LogP contribution in [0.1, 0.15) is 29.6 Å². The predicted molar refractivity (Wildman–Crippen MR) is 37.3 cm³/mol. The Balaban J connectivity index is 2.92. The number of rotatable bonds is 1. The third-order valence-corrected chi connectivity index (χ3v) is 1.20. The van der Waals surface area contributed by atoms with Crippen molar-refractivity contribution in [2.45, 2.75) is 19.8 Å². The van der Waals surface area contributed by atoms with Crippen molar-refractivity contribution >= 4 is 0 Å². The van der Waals surface area contributed by atoms with Crippen LogP contribution in [-0.2, 0) is 6.98 Å². The van der Waals surface area contributed by atoms with Gasteiger partial charge < -0.3 is 0 Å². The molecule has 1 rings (SSSR count). The van der Waals surface area contributed by atoms with E-state index in [1.54, 1.807) is 6.07 Å². The second-order valence-corrected chi connectivity index (χ2v) is 2.34. The summed E-state index contributed by atoms with van der Waals surface area (Å²) < 4.78 is 22.2. The maximum absolute atomic E-state index is 7.06. The summed E-state index contributed by atoms with van der Waals surface area (Å²) in [5.74, 6) is 0.272. The number of hydrogen-bond donors (Lipinski definition) is 0. The molecule has 0 saturated carbocycles. The highest BCUT2D eigenvalue weighted by Crippen LogP contribution is 2.08. The lowest BCUT2D eigenvalue weighted by molar-refractivity contribution is 0.713. The average Bonchev–Trinajstić information content (AvgIpc) is 2.30. The predicted octanol–water partition coefficient (Wildman–Crippen LogP) is 1.54. The van der Waals surface area contributed by atoms with Gasteiger partial charge >= 0.3 is 0 Å². The number of nitrogens with zero attached hydrogens (tertiary/aromatic N) is 2. The fourth-order valence-corrected chi connectivity index (χ4v) is 0.646. The molecule has 0 aromatic carbocycles. The van der Waals surface area contributed by atoms with Crippen LogP contribution in [0.2, 0.25) is 0 Å². The molecule has 0 bridgehead atoms. The van der Waals surface area contributed by atoms with Crippen molar-refractivity contribution in [2.24, 2.45) is 6.98 Å². The Morgan fingerprint density at radius 3 is 2.89 bits per heavy atom. The van der Waals surface area contributed by atoms with Gasteiger partial charge in [-0.15, -0.1) is 0 Å². The molecule has 0 aliphatic heterocycles. The van der Waals surface area contributed by atoms with E-state index in [4.69, 9.17) is 4.11 Å². The SMILES string of the molecule is [2H]C([2H])([2H])n1ccc(C(C)C)n1. The van der Waals surface area contributed by atoms with E-state index in [2.05, 4.69) is 5.10 Å². The summed E-state index contributed by atoms with van der Waals surface area (Å²) in [6.45, 7) is 1.81. The number of hydrogen-bond acceptors (Lipinski definition) is 1. The molecule has 0 radical (unpaired) electrons. The summed E-state index contributed by atoms with van der Waals surface area (Å²) in [6.07, 6.45) is 1.49. The first kappa shape index (κ1) is 3.40. The molecule has 0 saturated heterocycles. The van der Waals surface area contributed by atoms with E-state index in [0.29, 0.717) is 0 Å². The summed E-state index contributed by atoms with van der Waals surface area (Å²) >= 11 is 0. The van der Waals surface area contributed by atoms with Crippen LogP contribution in [0.25, 0.3) is 0 Å². The maximum Gasteiger partial charge on any atom is 0.0649 e. The van der Waals surface area contributed by atoms with Gasteiger partial charge in [0.1, 0.15) is 0 Å². The zero-order valence-corrected chi connectivity index (χ0v) is 5.63. The van der Waals surface area contributed by atoms with Gasteiger partial charge in [-0.05, 0) is 12.0 Å². The number of aryl methyl sites for hydroxylation is 1. The van der Waals surface area contributed by atoms with Crippen LogP contribution in [-0.4, -0.2) is 9.78 Å². The van der Waals surface area contributed by atoms with Crippen LogP contribution in [0.5, 0.6) is 0 Å². The molecule has 0 spiro atoms. The first-order valence-corrected chi connectivity index (χ1v) is 2.97. The van der Waals surface area contributed by atoms with Crippen molar-refractivity contribution in [2.75, 3.05) is 0 Å². The zero-order valence-electron chi connectivity index (χ0n) is 8.63. The van der Waals surface area contributed by atoms with Crippen LogP contribution in [0.4, 0.5) is 0 Å². The highest BCUT2D eigenvalue weighted by molar-refractivity contribution is 5.03. The highest BCUT2D eigenvalue weighted by Gasteiger charge is 1.99. The second-order valence-electron chi connectivity index (χ2n) is 2.34. The normalized spacial score (nSPS) is 17.0. The molecule has 2 heteroatoms. The van der Waals surface area contributed by atoms with Gasteiger partial charge in [0.05, 0.1) is 5.69 Å². The van der Waals surface area contributed by atoms with Crippen molar-refractivity contribution in [3.63, 3.8) is 0 Å². The molecule has 1 heterocycles. The lowest BCUT2D eigenvalue weighted by atomic mass is 10.1. The monoisotopic (exact) mass is 127 g/mol. The lowest BCUT2D eigenvalue weighted by Gasteiger charge is -1.95. The highest BCUT2D eigenvalue weighted by atomic mass is 15.2. The van der Waals surface area contributed by atoms with Gasteiger partial charge in [0.15, 0.2) is 0 Å². The molecule has 2 nitrogen and oxygen atoms in total. The Labute approximate surface area is 59.7 Å². The molecule has 1 aromatic heterocycles. The molecule has 0 unspecified atom stereocenters. The molecule has 0 aliphatic carbocycles. The third-order valence-electron chi connectivity index (χ3n) is 1.20. The minimum Gasteiger partial charge on any atom is -0.276 e. The molecule has 0 atom stereocenters. The van der Waals surface area contributed by atoms with Gasteiger partial charge in [0.25, 0.3) is 0 Å². The molecular weight excluding hydrogens is 112 g/mol. The standard InChI is InChI=1S/C7H12N2/c1-6(2)7-4-5-9(3)8-7/h4-6H,1-3H3/i3D3. The summed E-state index contributed by atoms with van der Waals surface area (Å²) in [7, 11) is 0. The van der Waals surface area contributed by atoms with Gasteiger partial charge in [0.2, 0.25) is 0 Å².